The molecule has 15 heavy (non-hydrogen) atoms. The van der Waals surface area contributed by atoms with E-state index in [0.717, 1.165) is 5.56 Å². The first-order chi connectivity index (χ1) is 7.06. The van der Waals surface area contributed by atoms with Gasteiger partial charge in [-0.2, -0.15) is 0 Å². The first-order valence-corrected chi connectivity index (χ1v) is 7.68. The molecule has 2 heterocycles. The van der Waals surface area contributed by atoms with Crippen molar-refractivity contribution < 1.29 is 4.21 Å². The molecule has 0 bridgehead atoms. The van der Waals surface area contributed by atoms with E-state index in [-0.39, 0.29) is 12.1 Å². The van der Waals surface area contributed by atoms with E-state index in [9.17, 15) is 4.21 Å². The molecule has 2 rings (SSSR count). The maximum atomic E-state index is 11.6. The largest absolute Gasteiger partial charge is 0.306 e. The molecular weight excluding hydrogens is 273 g/mol. The summed E-state index contributed by atoms with van der Waals surface area (Å²) in [5.41, 5.74) is 0.978. The summed E-state index contributed by atoms with van der Waals surface area (Å²) >= 11 is 13.3. The fourth-order valence-electron chi connectivity index (χ4n) is 1.74. The number of thiophene rings is 1. The van der Waals surface area contributed by atoms with E-state index in [0.29, 0.717) is 20.2 Å². The Kier molecular flexibility index (Phi) is 3.73. The molecule has 3 atom stereocenters. The van der Waals surface area contributed by atoms with Crippen LogP contribution in [0.5, 0.6) is 0 Å². The molecule has 0 aliphatic carbocycles. The molecule has 0 aromatic carbocycles. The molecule has 1 aromatic rings. The Bertz CT molecular complexity index is 393. The third-order valence-corrected chi connectivity index (χ3v) is 5.43. The zero-order valence-electron chi connectivity index (χ0n) is 8.13. The highest BCUT2D eigenvalue weighted by Crippen LogP contribution is 2.36. The summed E-state index contributed by atoms with van der Waals surface area (Å²) < 4.78 is 13.0. The third-order valence-electron chi connectivity index (χ3n) is 2.33. The first-order valence-electron chi connectivity index (χ1n) is 4.62. The molecule has 1 aromatic heterocycles. The molecule has 1 aliphatic rings. The van der Waals surface area contributed by atoms with Gasteiger partial charge in [0, 0.05) is 40.0 Å². The molecule has 6 heteroatoms. The smallest absolute Gasteiger partial charge is 0.0992 e. The van der Waals surface area contributed by atoms with Crippen molar-refractivity contribution in [3.63, 3.8) is 0 Å². The summed E-state index contributed by atoms with van der Waals surface area (Å²) in [5.74, 6) is 1.34. The van der Waals surface area contributed by atoms with Gasteiger partial charge in [0.25, 0.3) is 0 Å². The van der Waals surface area contributed by atoms with Gasteiger partial charge in [-0.05, 0) is 13.0 Å². The molecular formula is C9H11Cl2NOS2. The van der Waals surface area contributed by atoms with E-state index in [1.807, 2.05) is 13.0 Å². The lowest BCUT2D eigenvalue weighted by atomic mass is 10.1. The predicted octanol–water partition coefficient (Wildman–Crippen LogP) is 2.84. The Morgan fingerprint density at radius 3 is 2.80 bits per heavy atom. The minimum Gasteiger partial charge on any atom is -0.306 e. The van der Waals surface area contributed by atoms with E-state index in [1.54, 1.807) is 0 Å². The van der Waals surface area contributed by atoms with Crippen LogP contribution in [0.2, 0.25) is 8.67 Å². The van der Waals surface area contributed by atoms with Crippen molar-refractivity contribution >= 4 is 45.3 Å². The average Bonchev–Trinajstić information content (AvgIpc) is 2.43. The fraction of sp³-hybridized carbons (Fsp3) is 0.556. The maximum absolute atomic E-state index is 11.6. The second-order valence-corrected chi connectivity index (χ2v) is 7.50. The maximum Gasteiger partial charge on any atom is 0.0992 e. The van der Waals surface area contributed by atoms with Crippen molar-refractivity contribution in [2.75, 3.05) is 11.5 Å². The number of hydrogen-bond donors (Lipinski definition) is 1. The average molecular weight is 284 g/mol. The van der Waals surface area contributed by atoms with Crippen LogP contribution in [0.4, 0.5) is 0 Å². The van der Waals surface area contributed by atoms with Gasteiger partial charge in [0.05, 0.1) is 8.67 Å². The van der Waals surface area contributed by atoms with Gasteiger partial charge < -0.3 is 5.32 Å². The third kappa shape index (κ3) is 2.74. The Hall–Kier alpha value is 0.390. The normalized spacial score (nSPS) is 31.8. The van der Waals surface area contributed by atoms with Gasteiger partial charge in [-0.1, -0.05) is 23.2 Å². The van der Waals surface area contributed by atoms with Gasteiger partial charge in [0.1, 0.15) is 0 Å². The van der Waals surface area contributed by atoms with Crippen LogP contribution in [0.3, 0.4) is 0 Å². The van der Waals surface area contributed by atoms with Crippen LogP contribution in [0.25, 0.3) is 0 Å². The monoisotopic (exact) mass is 283 g/mol. The van der Waals surface area contributed by atoms with E-state index < -0.39 is 10.8 Å². The van der Waals surface area contributed by atoms with Crippen molar-refractivity contribution in [1.82, 2.24) is 5.32 Å². The van der Waals surface area contributed by atoms with Crippen LogP contribution < -0.4 is 5.32 Å². The van der Waals surface area contributed by atoms with Gasteiger partial charge in [-0.3, -0.25) is 4.21 Å². The fourth-order valence-corrected chi connectivity index (χ4v) is 4.76. The summed E-state index contributed by atoms with van der Waals surface area (Å²) in [4.78, 5) is 0. The van der Waals surface area contributed by atoms with Gasteiger partial charge in [0.15, 0.2) is 0 Å². The van der Waals surface area contributed by atoms with Gasteiger partial charge in [-0.15, -0.1) is 11.3 Å². The minimum atomic E-state index is -0.759. The molecule has 1 fully saturated rings. The van der Waals surface area contributed by atoms with Gasteiger partial charge >= 0.3 is 0 Å². The van der Waals surface area contributed by atoms with Crippen LogP contribution in [0, 0.1) is 0 Å². The van der Waals surface area contributed by atoms with Crippen molar-refractivity contribution in [2.45, 2.75) is 19.0 Å². The molecule has 84 valence electrons. The van der Waals surface area contributed by atoms with E-state index in [2.05, 4.69) is 5.32 Å². The Morgan fingerprint density at radius 2 is 2.27 bits per heavy atom. The Labute approximate surface area is 105 Å². The number of hydrogen-bond acceptors (Lipinski definition) is 3. The summed E-state index contributed by atoms with van der Waals surface area (Å²) in [7, 11) is -0.759. The van der Waals surface area contributed by atoms with Crippen LogP contribution in [0.15, 0.2) is 6.07 Å². The lowest BCUT2D eigenvalue weighted by Gasteiger charge is -2.28. The molecule has 1 aliphatic heterocycles. The van der Waals surface area contributed by atoms with Crippen LogP contribution in [0.1, 0.15) is 18.5 Å². The van der Waals surface area contributed by atoms with E-state index in [4.69, 9.17) is 23.2 Å². The molecule has 0 radical (unpaired) electrons. The van der Waals surface area contributed by atoms with E-state index in [1.165, 1.54) is 11.3 Å². The highest BCUT2D eigenvalue weighted by molar-refractivity contribution is 7.85. The van der Waals surface area contributed by atoms with Crippen molar-refractivity contribution in [3.05, 3.63) is 20.3 Å². The summed E-state index contributed by atoms with van der Waals surface area (Å²) in [5, 5.41) is 3.39. The SMILES string of the molecule is CC1CS(=O)CC(c2cc(Cl)sc2Cl)N1. The zero-order chi connectivity index (χ0) is 11.0. The van der Waals surface area contributed by atoms with Gasteiger partial charge in [0.2, 0.25) is 0 Å². The number of halogens is 2. The highest BCUT2D eigenvalue weighted by Gasteiger charge is 2.26. The predicted molar refractivity (Wildman–Crippen MR) is 67.6 cm³/mol. The number of rotatable bonds is 1. The first kappa shape index (κ1) is 11.9. The lowest BCUT2D eigenvalue weighted by Crippen LogP contribution is -2.43. The van der Waals surface area contributed by atoms with Crippen LogP contribution >= 0.6 is 34.5 Å². The topological polar surface area (TPSA) is 29.1 Å². The minimum absolute atomic E-state index is 0.0748. The Balaban J connectivity index is 2.23. The second-order valence-electron chi connectivity index (χ2n) is 3.67. The molecule has 0 saturated carbocycles. The van der Waals surface area contributed by atoms with Crippen molar-refractivity contribution in [1.29, 1.82) is 0 Å². The molecule has 2 nitrogen and oxygen atoms in total. The summed E-state index contributed by atoms with van der Waals surface area (Å²) in [6.07, 6.45) is 0. The highest BCUT2D eigenvalue weighted by atomic mass is 35.5. The summed E-state index contributed by atoms with van der Waals surface area (Å²) in [6, 6.07) is 2.20. The lowest BCUT2D eigenvalue weighted by molar-refractivity contribution is 0.490. The molecule has 1 saturated heterocycles. The zero-order valence-corrected chi connectivity index (χ0v) is 11.3. The Morgan fingerprint density at radius 1 is 1.53 bits per heavy atom. The standard InChI is InChI=1S/C9H11Cl2NOS2/c1-5-3-15(13)4-7(12-5)6-2-8(10)14-9(6)11/h2,5,7,12H,3-4H2,1H3. The quantitative estimate of drug-likeness (QED) is 0.859. The van der Waals surface area contributed by atoms with Gasteiger partial charge in [-0.25, -0.2) is 0 Å². The summed E-state index contributed by atoms with van der Waals surface area (Å²) in [6.45, 7) is 2.03. The number of nitrogens with one attached hydrogen (secondary N) is 1. The van der Waals surface area contributed by atoms with E-state index >= 15 is 0 Å². The van der Waals surface area contributed by atoms with Crippen LogP contribution in [-0.2, 0) is 10.8 Å². The molecule has 0 spiro atoms. The molecule has 1 N–H and O–H groups in total. The van der Waals surface area contributed by atoms with Crippen molar-refractivity contribution in [2.24, 2.45) is 0 Å². The van der Waals surface area contributed by atoms with Crippen molar-refractivity contribution in [3.8, 4) is 0 Å². The molecule has 0 amide bonds. The van der Waals surface area contributed by atoms with Crippen LogP contribution in [-0.4, -0.2) is 21.8 Å². The second kappa shape index (κ2) is 4.72. The molecule has 3 unspecified atom stereocenters.